The van der Waals surface area contributed by atoms with Crippen LogP contribution in [0.15, 0.2) is 364 Å². The molecule has 0 N–H and O–H groups in total. The van der Waals surface area contributed by atoms with Crippen molar-refractivity contribution < 1.29 is 0 Å². The molecule has 8 heteroatoms. The van der Waals surface area contributed by atoms with E-state index in [-0.39, 0.29) is 0 Å². The predicted octanol–water partition coefficient (Wildman–Crippen LogP) is 25.0. The number of hydrogen-bond donors (Lipinski definition) is 0. The van der Waals surface area contributed by atoms with E-state index in [1.54, 1.807) is 6.07 Å². The zero-order valence-corrected chi connectivity index (χ0v) is 56.3. The molecule has 0 aliphatic heterocycles. The fourth-order valence-corrected chi connectivity index (χ4v) is 14.6. The second-order valence-corrected chi connectivity index (χ2v) is 26.0. The van der Waals surface area contributed by atoms with Gasteiger partial charge in [0.25, 0.3) is 0 Å². The highest BCUT2D eigenvalue weighted by molar-refractivity contribution is 6.35. The molecule has 0 radical (unpaired) electrons. The highest BCUT2D eigenvalue weighted by Gasteiger charge is 2.21. The minimum absolute atomic E-state index is 0.569. The molecule has 0 saturated carbocycles. The van der Waals surface area contributed by atoms with Crippen molar-refractivity contribution in [1.82, 2.24) is 29.1 Å². The topological polar surface area (TPSA) is 61.4 Å². The SMILES string of the molecule is Clc1cc(Cl)cc(-c2cc(-c3cccc(-c4ccccc4)c3)nc(-c3ccccc3)n2)c1.c1ccc(-c2cccc(-c3cc(-c4cc(-n5c6ccccc6c6ccccc65)cc(-n5c6ccccc6c6ccccc65)c4)nc(-c4ccccc4)n3)c2)cc1.c1ccc2c(c1)Cc1ccccc1-2. The van der Waals surface area contributed by atoms with Crippen LogP contribution in [0.25, 0.3) is 156 Å². The van der Waals surface area contributed by atoms with Crippen molar-refractivity contribution in [2.24, 2.45) is 0 Å². The molecule has 0 spiro atoms. The van der Waals surface area contributed by atoms with Gasteiger partial charge in [-0.25, -0.2) is 19.9 Å². The van der Waals surface area contributed by atoms with Gasteiger partial charge in [0.1, 0.15) is 0 Å². The molecule has 0 saturated heterocycles. The van der Waals surface area contributed by atoms with Gasteiger partial charge in [0.05, 0.1) is 44.8 Å². The van der Waals surface area contributed by atoms with Crippen molar-refractivity contribution in [2.75, 3.05) is 0 Å². The Morgan fingerprint density at radius 1 is 0.218 bits per heavy atom. The lowest BCUT2D eigenvalue weighted by atomic mass is 10.0. The minimum atomic E-state index is 0.569. The third-order valence-electron chi connectivity index (χ3n) is 18.8. The molecule has 0 unspecified atom stereocenters. The summed E-state index contributed by atoms with van der Waals surface area (Å²) in [6, 6.07) is 127. The van der Waals surface area contributed by atoms with Gasteiger partial charge < -0.3 is 9.13 Å². The van der Waals surface area contributed by atoms with E-state index in [9.17, 15) is 0 Å². The van der Waals surface area contributed by atoms with Gasteiger partial charge >= 0.3 is 0 Å². The van der Waals surface area contributed by atoms with Gasteiger partial charge in [-0.3, -0.25) is 0 Å². The molecule has 0 bridgehead atoms. The van der Waals surface area contributed by atoms with E-state index >= 15 is 0 Å². The second-order valence-electron chi connectivity index (χ2n) is 25.2. The number of aromatic nitrogens is 6. The quantitative estimate of drug-likeness (QED) is 0.137. The van der Waals surface area contributed by atoms with Gasteiger partial charge in [0, 0.05) is 76.3 Å². The summed E-state index contributed by atoms with van der Waals surface area (Å²) in [7, 11) is 0. The first kappa shape index (κ1) is 62.0. The average molecular weight is 1330 g/mol. The van der Waals surface area contributed by atoms with Crippen LogP contribution >= 0.6 is 23.2 Å². The largest absolute Gasteiger partial charge is 0.309 e. The molecule has 18 aromatic rings. The van der Waals surface area contributed by atoms with Crippen LogP contribution in [0.4, 0.5) is 0 Å². The normalized spacial score (nSPS) is 11.4. The summed E-state index contributed by atoms with van der Waals surface area (Å²) in [4.78, 5) is 20.3. The lowest BCUT2D eigenvalue weighted by Gasteiger charge is -2.16. The number of hydrogen-bond acceptors (Lipinski definition) is 4. The van der Waals surface area contributed by atoms with E-state index in [4.69, 9.17) is 43.1 Å². The summed E-state index contributed by atoms with van der Waals surface area (Å²) in [5, 5.41) is 6.03. The average Bonchev–Trinajstić information content (AvgIpc) is 1.61. The van der Waals surface area contributed by atoms with Crippen molar-refractivity contribution >= 4 is 66.8 Å². The molecule has 14 aromatic carbocycles. The number of para-hydroxylation sites is 4. The molecule has 0 amide bonds. The Kier molecular flexibility index (Phi) is 16.8. The van der Waals surface area contributed by atoms with Crippen LogP contribution in [0, 0.1) is 0 Å². The summed E-state index contributed by atoms with van der Waals surface area (Å²) in [6.45, 7) is 0. The molecular formula is C93H62Cl2N6. The molecule has 4 aromatic heterocycles. The van der Waals surface area contributed by atoms with Crippen molar-refractivity contribution in [3.8, 4) is 113 Å². The van der Waals surface area contributed by atoms with Crippen LogP contribution < -0.4 is 0 Å². The molecule has 101 heavy (non-hydrogen) atoms. The predicted molar refractivity (Wildman–Crippen MR) is 421 cm³/mol. The molecule has 1 aliphatic carbocycles. The highest BCUT2D eigenvalue weighted by Crippen LogP contribution is 2.41. The van der Waals surface area contributed by atoms with E-state index in [1.807, 2.05) is 84.9 Å². The fraction of sp³-hybridized carbons (Fsp3) is 0.0108. The maximum Gasteiger partial charge on any atom is 0.160 e. The van der Waals surface area contributed by atoms with Crippen LogP contribution in [-0.2, 0) is 6.42 Å². The number of fused-ring (bicyclic) bond motifs is 9. The van der Waals surface area contributed by atoms with E-state index in [2.05, 4.69) is 282 Å². The van der Waals surface area contributed by atoms with Gasteiger partial charge in [-0.15, -0.1) is 0 Å². The number of rotatable bonds is 10. The van der Waals surface area contributed by atoms with E-state index < -0.39 is 0 Å². The zero-order valence-electron chi connectivity index (χ0n) is 54.8. The smallest absolute Gasteiger partial charge is 0.160 e. The monoisotopic (exact) mass is 1330 g/mol. The number of benzene rings is 14. The first-order chi connectivity index (χ1) is 49.9. The lowest BCUT2D eigenvalue weighted by Crippen LogP contribution is -2.01. The van der Waals surface area contributed by atoms with E-state index in [0.29, 0.717) is 21.7 Å². The van der Waals surface area contributed by atoms with E-state index in [1.165, 1.54) is 49.4 Å². The van der Waals surface area contributed by atoms with Crippen LogP contribution in [0.5, 0.6) is 0 Å². The minimum Gasteiger partial charge on any atom is -0.309 e. The number of nitrogens with zero attached hydrogens (tertiary/aromatic N) is 6. The molecule has 19 rings (SSSR count). The molecule has 0 fully saturated rings. The van der Waals surface area contributed by atoms with Gasteiger partial charge in [-0.1, -0.05) is 302 Å². The van der Waals surface area contributed by atoms with Gasteiger partial charge in [-0.05, 0) is 136 Å². The Morgan fingerprint density at radius 2 is 0.515 bits per heavy atom. The Balaban J connectivity index is 0.000000140. The van der Waals surface area contributed by atoms with Gasteiger partial charge in [0.15, 0.2) is 11.6 Å². The van der Waals surface area contributed by atoms with Crippen LogP contribution in [-0.4, -0.2) is 29.1 Å². The summed E-state index contributed by atoms with van der Waals surface area (Å²) in [5.41, 5.74) is 26.2. The molecular weight excluding hydrogens is 1270 g/mol. The fourth-order valence-electron chi connectivity index (χ4n) is 14.1. The summed E-state index contributed by atoms with van der Waals surface area (Å²) >= 11 is 12.5. The molecule has 4 heterocycles. The third-order valence-corrected chi connectivity index (χ3v) is 19.2. The molecule has 0 atom stereocenters. The Labute approximate surface area is 596 Å². The first-order valence-corrected chi connectivity index (χ1v) is 34.6. The molecule has 478 valence electrons. The second kappa shape index (κ2) is 27.4. The van der Waals surface area contributed by atoms with Crippen molar-refractivity contribution in [3.05, 3.63) is 385 Å². The molecule has 1 aliphatic rings. The van der Waals surface area contributed by atoms with Crippen LogP contribution in [0.3, 0.4) is 0 Å². The van der Waals surface area contributed by atoms with Crippen molar-refractivity contribution in [3.63, 3.8) is 0 Å². The zero-order chi connectivity index (χ0) is 67.6. The third kappa shape index (κ3) is 12.6. The first-order valence-electron chi connectivity index (χ1n) is 33.8. The highest BCUT2D eigenvalue weighted by atomic mass is 35.5. The standard InChI is InChI=1S/C52H34N4.C28H18Cl2N2.C13H10/c1-3-16-35(17-4-1)37-20-15-21-38(30-37)46-34-47(54-52(53-46)36-18-5-2-6-19-36)39-31-40(55-48-26-11-7-22-42(48)43-23-8-12-27-49(43)55)33-41(32-39)56-50-28-13-9-24-44(50)45-25-10-14-29-51(45)56;29-24-15-23(16-25(30)17-24)27-18-26(31-28(32-27)20-10-5-2-6-11-20)22-13-7-12-21(14-22)19-8-3-1-4-9-19;1-3-7-12-10(5-1)9-11-6-2-4-8-13(11)12/h1-34H;1-18H;1-8H,9H2. The lowest BCUT2D eigenvalue weighted by molar-refractivity contribution is 1.13. The number of halogens is 2. The van der Waals surface area contributed by atoms with Crippen molar-refractivity contribution in [2.45, 2.75) is 6.42 Å². The van der Waals surface area contributed by atoms with E-state index in [0.717, 1.165) is 113 Å². The summed E-state index contributed by atoms with van der Waals surface area (Å²) in [6.07, 6.45) is 1.10. The Morgan fingerprint density at radius 3 is 0.901 bits per heavy atom. The Bertz CT molecular complexity index is 5780. The van der Waals surface area contributed by atoms with Gasteiger partial charge in [0.2, 0.25) is 0 Å². The maximum absolute atomic E-state index is 6.27. The summed E-state index contributed by atoms with van der Waals surface area (Å²) in [5.74, 6) is 1.34. The van der Waals surface area contributed by atoms with Crippen LogP contribution in [0.1, 0.15) is 11.1 Å². The molecule has 6 nitrogen and oxygen atoms in total. The van der Waals surface area contributed by atoms with Gasteiger partial charge in [-0.2, -0.15) is 0 Å². The van der Waals surface area contributed by atoms with Crippen molar-refractivity contribution in [1.29, 1.82) is 0 Å². The van der Waals surface area contributed by atoms with Crippen LogP contribution in [0.2, 0.25) is 10.0 Å². The maximum atomic E-state index is 6.27. The Hall–Kier alpha value is -12.6. The summed E-state index contributed by atoms with van der Waals surface area (Å²) < 4.78 is 4.80.